The predicted molar refractivity (Wildman–Crippen MR) is 63.0 cm³/mol. The predicted octanol–water partition coefficient (Wildman–Crippen LogP) is 1.15. The molecule has 0 spiro atoms. The molecule has 7 heteroatoms. The number of halogens is 2. The van der Waals surface area contributed by atoms with Crippen LogP contribution in [0.2, 0.25) is 0 Å². The van der Waals surface area contributed by atoms with Gasteiger partial charge in [-0.3, -0.25) is 0 Å². The van der Waals surface area contributed by atoms with E-state index in [0.29, 0.717) is 17.9 Å². The SMILES string of the molecule is Cc1nnc(N2CCC(N)CC2)o1.Cl.Cl. The monoisotopic (exact) mass is 254 g/mol. The molecule has 1 aliphatic heterocycles. The van der Waals surface area contributed by atoms with Crippen LogP contribution in [-0.2, 0) is 0 Å². The van der Waals surface area contributed by atoms with Gasteiger partial charge in [0.2, 0.25) is 5.89 Å². The first-order valence-electron chi connectivity index (χ1n) is 4.56. The normalized spacial score (nSPS) is 16.8. The van der Waals surface area contributed by atoms with Crippen molar-refractivity contribution in [3.63, 3.8) is 0 Å². The van der Waals surface area contributed by atoms with Gasteiger partial charge in [-0.05, 0) is 12.8 Å². The molecule has 15 heavy (non-hydrogen) atoms. The van der Waals surface area contributed by atoms with Crippen LogP contribution in [0.25, 0.3) is 0 Å². The molecule has 2 rings (SSSR count). The molecule has 0 radical (unpaired) electrons. The highest BCUT2D eigenvalue weighted by molar-refractivity contribution is 5.85. The van der Waals surface area contributed by atoms with Gasteiger partial charge in [-0.25, -0.2) is 0 Å². The van der Waals surface area contributed by atoms with Gasteiger partial charge in [0.05, 0.1) is 0 Å². The Balaban J connectivity index is 0.000000980. The largest absolute Gasteiger partial charge is 0.408 e. The van der Waals surface area contributed by atoms with Crippen LogP contribution in [0.1, 0.15) is 18.7 Å². The van der Waals surface area contributed by atoms with Crippen molar-refractivity contribution in [2.75, 3.05) is 18.0 Å². The third-order valence-electron chi connectivity index (χ3n) is 2.33. The van der Waals surface area contributed by atoms with E-state index in [-0.39, 0.29) is 24.8 Å². The third kappa shape index (κ3) is 3.52. The Morgan fingerprint density at radius 2 is 1.87 bits per heavy atom. The number of rotatable bonds is 1. The molecule has 0 aliphatic carbocycles. The maximum absolute atomic E-state index is 5.79. The first-order chi connectivity index (χ1) is 6.25. The molecule has 1 aliphatic rings. The van der Waals surface area contributed by atoms with E-state index in [4.69, 9.17) is 10.2 Å². The molecule has 0 amide bonds. The van der Waals surface area contributed by atoms with Crippen LogP contribution in [0.4, 0.5) is 6.01 Å². The number of anilines is 1. The van der Waals surface area contributed by atoms with Crippen molar-refractivity contribution < 1.29 is 4.42 Å². The lowest BCUT2D eigenvalue weighted by molar-refractivity contribution is 0.448. The first kappa shape index (κ1) is 14.5. The Morgan fingerprint density at radius 3 is 2.33 bits per heavy atom. The molecule has 0 unspecified atom stereocenters. The van der Waals surface area contributed by atoms with Crippen molar-refractivity contribution in [3.05, 3.63) is 5.89 Å². The number of hydrogen-bond donors (Lipinski definition) is 1. The summed E-state index contributed by atoms with van der Waals surface area (Å²) in [4.78, 5) is 2.09. The fourth-order valence-electron chi connectivity index (χ4n) is 1.50. The lowest BCUT2D eigenvalue weighted by atomic mass is 10.1. The number of hydrogen-bond acceptors (Lipinski definition) is 5. The van der Waals surface area contributed by atoms with Crippen LogP contribution in [0, 0.1) is 6.92 Å². The molecule has 1 aromatic rings. The fraction of sp³-hybridized carbons (Fsp3) is 0.750. The second-order valence-electron chi connectivity index (χ2n) is 3.43. The van der Waals surface area contributed by atoms with Gasteiger partial charge in [0.15, 0.2) is 0 Å². The van der Waals surface area contributed by atoms with Crippen molar-refractivity contribution in [3.8, 4) is 0 Å². The van der Waals surface area contributed by atoms with Crippen LogP contribution in [0.3, 0.4) is 0 Å². The number of piperidine rings is 1. The van der Waals surface area contributed by atoms with Gasteiger partial charge in [-0.15, -0.1) is 29.9 Å². The summed E-state index contributed by atoms with van der Waals surface area (Å²) in [6.45, 7) is 3.64. The van der Waals surface area contributed by atoms with Crippen LogP contribution < -0.4 is 10.6 Å². The summed E-state index contributed by atoms with van der Waals surface area (Å²) in [7, 11) is 0. The molecule has 0 saturated carbocycles. The van der Waals surface area contributed by atoms with E-state index in [1.807, 2.05) is 0 Å². The molecular weight excluding hydrogens is 239 g/mol. The molecule has 1 aromatic heterocycles. The van der Waals surface area contributed by atoms with Gasteiger partial charge in [0.1, 0.15) is 0 Å². The van der Waals surface area contributed by atoms with Crippen LogP contribution in [0.5, 0.6) is 0 Å². The molecule has 2 heterocycles. The van der Waals surface area contributed by atoms with Gasteiger partial charge >= 0.3 is 6.01 Å². The minimum atomic E-state index is 0. The van der Waals surface area contributed by atoms with E-state index in [9.17, 15) is 0 Å². The Morgan fingerprint density at radius 1 is 1.27 bits per heavy atom. The Bertz CT molecular complexity index is 286. The molecule has 0 aromatic carbocycles. The summed E-state index contributed by atoms with van der Waals surface area (Å²) in [6.07, 6.45) is 2.00. The van der Waals surface area contributed by atoms with Gasteiger partial charge in [-0.1, -0.05) is 5.10 Å². The van der Waals surface area contributed by atoms with Crippen molar-refractivity contribution >= 4 is 30.8 Å². The van der Waals surface area contributed by atoms with E-state index in [1.165, 1.54) is 0 Å². The van der Waals surface area contributed by atoms with Crippen LogP contribution in [0.15, 0.2) is 4.42 Å². The molecule has 0 atom stereocenters. The van der Waals surface area contributed by atoms with Gasteiger partial charge in [-0.2, -0.15) is 0 Å². The van der Waals surface area contributed by atoms with Crippen molar-refractivity contribution in [2.24, 2.45) is 5.73 Å². The molecular formula is C8H16Cl2N4O. The van der Waals surface area contributed by atoms with E-state index in [1.54, 1.807) is 6.92 Å². The second kappa shape index (κ2) is 6.15. The molecule has 88 valence electrons. The second-order valence-corrected chi connectivity index (χ2v) is 3.43. The van der Waals surface area contributed by atoms with Gasteiger partial charge in [0.25, 0.3) is 0 Å². The lowest BCUT2D eigenvalue weighted by Crippen LogP contribution is -2.39. The van der Waals surface area contributed by atoms with E-state index < -0.39 is 0 Å². The zero-order chi connectivity index (χ0) is 9.26. The summed E-state index contributed by atoms with van der Waals surface area (Å²) in [5.41, 5.74) is 5.79. The van der Waals surface area contributed by atoms with Crippen molar-refractivity contribution in [2.45, 2.75) is 25.8 Å². The van der Waals surface area contributed by atoms with Crippen LogP contribution in [-0.4, -0.2) is 29.3 Å². The van der Waals surface area contributed by atoms with Crippen molar-refractivity contribution in [1.29, 1.82) is 0 Å². The Hall–Kier alpha value is -0.520. The van der Waals surface area contributed by atoms with E-state index >= 15 is 0 Å². The average molecular weight is 255 g/mol. The van der Waals surface area contributed by atoms with E-state index in [2.05, 4.69) is 15.1 Å². The number of aryl methyl sites for hydroxylation is 1. The number of nitrogens with two attached hydrogens (primary N) is 1. The minimum Gasteiger partial charge on any atom is -0.408 e. The highest BCUT2D eigenvalue weighted by Gasteiger charge is 2.19. The highest BCUT2D eigenvalue weighted by Crippen LogP contribution is 2.17. The third-order valence-corrected chi connectivity index (χ3v) is 2.33. The standard InChI is InChI=1S/C8H14N4O.2ClH/c1-6-10-11-8(13-6)12-4-2-7(9)3-5-12;;/h7H,2-5,9H2,1H3;2*1H. The maximum Gasteiger partial charge on any atom is 0.318 e. The molecule has 2 N–H and O–H groups in total. The minimum absolute atomic E-state index is 0. The molecule has 5 nitrogen and oxygen atoms in total. The zero-order valence-corrected chi connectivity index (χ0v) is 10.2. The quantitative estimate of drug-likeness (QED) is 0.815. The lowest BCUT2D eigenvalue weighted by Gasteiger charge is -2.28. The summed E-state index contributed by atoms with van der Waals surface area (Å²) in [6, 6.07) is 0.963. The Labute approximate surface area is 101 Å². The molecule has 1 saturated heterocycles. The summed E-state index contributed by atoms with van der Waals surface area (Å²) < 4.78 is 5.32. The zero-order valence-electron chi connectivity index (χ0n) is 8.55. The summed E-state index contributed by atoms with van der Waals surface area (Å²) >= 11 is 0. The van der Waals surface area contributed by atoms with E-state index in [0.717, 1.165) is 25.9 Å². The molecule has 0 bridgehead atoms. The maximum atomic E-state index is 5.79. The number of nitrogens with zero attached hydrogens (tertiary/aromatic N) is 3. The summed E-state index contributed by atoms with van der Waals surface area (Å²) in [5.74, 6) is 0.616. The number of aromatic nitrogens is 2. The first-order valence-corrected chi connectivity index (χ1v) is 4.56. The molecule has 1 fully saturated rings. The fourth-order valence-corrected chi connectivity index (χ4v) is 1.50. The highest BCUT2D eigenvalue weighted by atomic mass is 35.5. The van der Waals surface area contributed by atoms with Gasteiger partial charge < -0.3 is 15.1 Å². The summed E-state index contributed by atoms with van der Waals surface area (Å²) in [5, 5.41) is 7.75. The topological polar surface area (TPSA) is 68.2 Å². The van der Waals surface area contributed by atoms with Crippen molar-refractivity contribution in [1.82, 2.24) is 10.2 Å². The Kier molecular flexibility index (Phi) is 5.93. The van der Waals surface area contributed by atoms with Gasteiger partial charge in [0, 0.05) is 26.1 Å². The van der Waals surface area contributed by atoms with Crippen LogP contribution >= 0.6 is 24.8 Å². The average Bonchev–Trinajstić information content (AvgIpc) is 2.53. The smallest absolute Gasteiger partial charge is 0.318 e.